The van der Waals surface area contributed by atoms with Crippen molar-refractivity contribution in [3.8, 4) is 0 Å². The van der Waals surface area contributed by atoms with Gasteiger partial charge in [0.15, 0.2) is 0 Å². The SMILES string of the molecule is CCNC(=O)CCNC(=O)CC(C)CN. The van der Waals surface area contributed by atoms with Crippen LogP contribution < -0.4 is 16.4 Å². The molecule has 0 aromatic heterocycles. The van der Waals surface area contributed by atoms with Crippen molar-refractivity contribution >= 4 is 11.8 Å². The number of carbonyl (C=O) groups is 2. The molecule has 15 heavy (non-hydrogen) atoms. The molecule has 0 fully saturated rings. The summed E-state index contributed by atoms with van der Waals surface area (Å²) >= 11 is 0. The Bertz CT molecular complexity index is 207. The predicted molar refractivity (Wildman–Crippen MR) is 59.1 cm³/mol. The summed E-state index contributed by atoms with van der Waals surface area (Å²) in [5.74, 6) is 0.108. The Hall–Kier alpha value is -1.10. The lowest BCUT2D eigenvalue weighted by Crippen LogP contribution is -2.32. The topological polar surface area (TPSA) is 84.2 Å². The van der Waals surface area contributed by atoms with Gasteiger partial charge < -0.3 is 16.4 Å². The first-order valence-corrected chi connectivity index (χ1v) is 5.33. The van der Waals surface area contributed by atoms with Crippen LogP contribution in [-0.4, -0.2) is 31.4 Å². The van der Waals surface area contributed by atoms with Crippen molar-refractivity contribution in [3.05, 3.63) is 0 Å². The molecule has 2 amide bonds. The molecule has 0 saturated carbocycles. The fourth-order valence-corrected chi connectivity index (χ4v) is 1.07. The number of amides is 2. The highest BCUT2D eigenvalue weighted by molar-refractivity contribution is 5.78. The van der Waals surface area contributed by atoms with Gasteiger partial charge in [-0.1, -0.05) is 6.92 Å². The third kappa shape index (κ3) is 7.93. The first-order chi connectivity index (χ1) is 7.10. The molecular formula is C10H21N3O2. The van der Waals surface area contributed by atoms with E-state index in [0.29, 0.717) is 32.5 Å². The van der Waals surface area contributed by atoms with Crippen LogP contribution in [0.4, 0.5) is 0 Å². The number of hydrogen-bond donors (Lipinski definition) is 3. The summed E-state index contributed by atoms with van der Waals surface area (Å²) in [6.45, 7) is 5.30. The first-order valence-electron chi connectivity index (χ1n) is 5.33. The third-order valence-electron chi connectivity index (χ3n) is 1.98. The molecule has 0 heterocycles. The van der Waals surface area contributed by atoms with E-state index in [1.807, 2.05) is 13.8 Å². The number of rotatable bonds is 7. The summed E-state index contributed by atoms with van der Waals surface area (Å²) < 4.78 is 0. The Morgan fingerprint density at radius 2 is 1.93 bits per heavy atom. The summed E-state index contributed by atoms with van der Waals surface area (Å²) in [7, 11) is 0. The maximum absolute atomic E-state index is 11.3. The van der Waals surface area contributed by atoms with Crippen molar-refractivity contribution < 1.29 is 9.59 Å². The first kappa shape index (κ1) is 13.9. The minimum atomic E-state index is -0.0442. The predicted octanol–water partition coefficient (Wildman–Crippen LogP) is -0.386. The second-order valence-electron chi connectivity index (χ2n) is 3.60. The van der Waals surface area contributed by atoms with E-state index in [4.69, 9.17) is 5.73 Å². The maximum atomic E-state index is 11.3. The van der Waals surface area contributed by atoms with Crippen molar-refractivity contribution in [2.75, 3.05) is 19.6 Å². The van der Waals surface area contributed by atoms with Crippen LogP contribution in [0.3, 0.4) is 0 Å². The lowest BCUT2D eigenvalue weighted by molar-refractivity contribution is -0.122. The molecule has 0 saturated heterocycles. The average Bonchev–Trinajstić information content (AvgIpc) is 2.18. The van der Waals surface area contributed by atoms with E-state index in [1.54, 1.807) is 0 Å². The van der Waals surface area contributed by atoms with Gasteiger partial charge in [-0.15, -0.1) is 0 Å². The van der Waals surface area contributed by atoms with Crippen LogP contribution in [0.15, 0.2) is 0 Å². The molecule has 5 nitrogen and oxygen atoms in total. The Labute approximate surface area is 90.8 Å². The lowest BCUT2D eigenvalue weighted by atomic mass is 10.1. The zero-order chi connectivity index (χ0) is 11.7. The van der Waals surface area contributed by atoms with Gasteiger partial charge in [-0.05, 0) is 19.4 Å². The fraction of sp³-hybridized carbons (Fsp3) is 0.800. The van der Waals surface area contributed by atoms with Gasteiger partial charge in [0.2, 0.25) is 11.8 Å². The zero-order valence-electron chi connectivity index (χ0n) is 9.51. The highest BCUT2D eigenvalue weighted by Crippen LogP contribution is 1.97. The molecule has 5 heteroatoms. The van der Waals surface area contributed by atoms with Gasteiger partial charge in [0.05, 0.1) is 0 Å². The molecule has 0 aromatic carbocycles. The zero-order valence-corrected chi connectivity index (χ0v) is 9.51. The Balaban J connectivity index is 3.50. The second-order valence-corrected chi connectivity index (χ2v) is 3.60. The average molecular weight is 215 g/mol. The van der Waals surface area contributed by atoms with Crippen molar-refractivity contribution in [1.29, 1.82) is 0 Å². The van der Waals surface area contributed by atoms with Crippen LogP contribution in [0.25, 0.3) is 0 Å². The summed E-state index contributed by atoms with van der Waals surface area (Å²) in [5, 5.41) is 5.34. The number of carbonyl (C=O) groups excluding carboxylic acids is 2. The van der Waals surface area contributed by atoms with Crippen LogP contribution in [0.2, 0.25) is 0 Å². The number of nitrogens with two attached hydrogens (primary N) is 1. The molecular weight excluding hydrogens is 194 g/mol. The highest BCUT2D eigenvalue weighted by atomic mass is 16.2. The smallest absolute Gasteiger partial charge is 0.221 e. The lowest BCUT2D eigenvalue weighted by Gasteiger charge is -2.08. The summed E-state index contributed by atoms with van der Waals surface area (Å²) in [4.78, 5) is 22.3. The minimum absolute atomic E-state index is 0.0373. The number of hydrogen-bond acceptors (Lipinski definition) is 3. The van der Waals surface area contributed by atoms with E-state index >= 15 is 0 Å². The Morgan fingerprint density at radius 3 is 2.47 bits per heavy atom. The van der Waals surface area contributed by atoms with E-state index in [-0.39, 0.29) is 17.7 Å². The largest absolute Gasteiger partial charge is 0.356 e. The van der Waals surface area contributed by atoms with E-state index in [2.05, 4.69) is 10.6 Å². The molecule has 0 aliphatic carbocycles. The van der Waals surface area contributed by atoms with Gasteiger partial charge in [-0.3, -0.25) is 9.59 Å². The van der Waals surface area contributed by atoms with Gasteiger partial charge in [-0.2, -0.15) is 0 Å². The summed E-state index contributed by atoms with van der Waals surface area (Å²) in [6.07, 6.45) is 0.752. The normalized spacial score (nSPS) is 11.9. The maximum Gasteiger partial charge on any atom is 0.221 e. The van der Waals surface area contributed by atoms with Crippen LogP contribution in [0.5, 0.6) is 0 Å². The van der Waals surface area contributed by atoms with E-state index in [1.165, 1.54) is 0 Å². The van der Waals surface area contributed by atoms with Gasteiger partial charge in [0.25, 0.3) is 0 Å². The second kappa shape index (κ2) is 8.23. The highest BCUT2D eigenvalue weighted by Gasteiger charge is 2.07. The molecule has 0 aromatic rings. The van der Waals surface area contributed by atoms with Crippen LogP contribution >= 0.6 is 0 Å². The molecule has 0 spiro atoms. The van der Waals surface area contributed by atoms with E-state index in [9.17, 15) is 9.59 Å². The number of nitrogens with one attached hydrogen (secondary N) is 2. The van der Waals surface area contributed by atoms with Crippen molar-refractivity contribution in [3.63, 3.8) is 0 Å². The van der Waals surface area contributed by atoms with Gasteiger partial charge in [0, 0.05) is 25.9 Å². The van der Waals surface area contributed by atoms with Crippen LogP contribution in [0.1, 0.15) is 26.7 Å². The molecule has 0 aliphatic rings. The standard InChI is InChI=1S/C10H21N3O2/c1-3-12-9(14)4-5-13-10(15)6-8(2)7-11/h8H,3-7,11H2,1-2H3,(H,12,14)(H,13,15). The molecule has 4 N–H and O–H groups in total. The summed E-state index contributed by atoms with van der Waals surface area (Å²) in [5.41, 5.74) is 5.39. The molecule has 0 aliphatic heterocycles. The monoisotopic (exact) mass is 215 g/mol. The molecule has 1 atom stereocenters. The van der Waals surface area contributed by atoms with Crippen molar-refractivity contribution in [2.24, 2.45) is 11.7 Å². The molecule has 1 unspecified atom stereocenters. The quantitative estimate of drug-likeness (QED) is 0.541. The molecule has 0 rings (SSSR count). The van der Waals surface area contributed by atoms with E-state index in [0.717, 1.165) is 0 Å². The minimum Gasteiger partial charge on any atom is -0.356 e. The molecule has 0 bridgehead atoms. The summed E-state index contributed by atoms with van der Waals surface area (Å²) in [6, 6.07) is 0. The Kier molecular flexibility index (Phi) is 7.62. The molecule has 0 radical (unpaired) electrons. The molecule has 88 valence electrons. The van der Waals surface area contributed by atoms with Crippen molar-refractivity contribution in [2.45, 2.75) is 26.7 Å². The van der Waals surface area contributed by atoms with Crippen LogP contribution in [0, 0.1) is 5.92 Å². The van der Waals surface area contributed by atoms with Gasteiger partial charge in [-0.25, -0.2) is 0 Å². The van der Waals surface area contributed by atoms with Gasteiger partial charge >= 0.3 is 0 Å². The fourth-order valence-electron chi connectivity index (χ4n) is 1.07. The van der Waals surface area contributed by atoms with E-state index < -0.39 is 0 Å². The van der Waals surface area contributed by atoms with Crippen LogP contribution in [-0.2, 0) is 9.59 Å². The van der Waals surface area contributed by atoms with Gasteiger partial charge in [0.1, 0.15) is 0 Å². The van der Waals surface area contributed by atoms with Crippen molar-refractivity contribution in [1.82, 2.24) is 10.6 Å². The third-order valence-corrected chi connectivity index (χ3v) is 1.98. The Morgan fingerprint density at radius 1 is 1.27 bits per heavy atom.